The number of anilines is 1. The molecule has 0 spiro atoms. The Kier molecular flexibility index (Phi) is 2.35. The summed E-state index contributed by atoms with van der Waals surface area (Å²) in [6.45, 7) is 3.22. The van der Waals surface area contributed by atoms with Gasteiger partial charge in [0.1, 0.15) is 6.54 Å². The highest BCUT2D eigenvalue weighted by Gasteiger charge is 2.08. The maximum absolute atomic E-state index is 5.91. The molecule has 1 heterocycles. The fourth-order valence-corrected chi connectivity index (χ4v) is 1.74. The highest BCUT2D eigenvalue weighted by Crippen LogP contribution is 2.16. The zero-order chi connectivity index (χ0) is 9.97. The van der Waals surface area contributed by atoms with Crippen LogP contribution in [0.3, 0.4) is 0 Å². The Morgan fingerprint density at radius 2 is 2.00 bits per heavy atom. The molecule has 2 rings (SSSR count). The van der Waals surface area contributed by atoms with E-state index in [4.69, 9.17) is 5.73 Å². The molecule has 72 valence electrons. The number of nitrogen functional groups attached to an aromatic ring is 1. The Labute approximate surface area is 84.0 Å². The number of benzene rings is 1. The van der Waals surface area contributed by atoms with Crippen molar-refractivity contribution in [3.63, 3.8) is 0 Å². The van der Waals surface area contributed by atoms with Crippen molar-refractivity contribution in [3.8, 4) is 0 Å². The van der Waals surface area contributed by atoms with Gasteiger partial charge in [-0.15, -0.1) is 0 Å². The van der Waals surface area contributed by atoms with Gasteiger partial charge in [0.2, 0.25) is 5.52 Å². The minimum Gasteiger partial charge on any atom is -0.398 e. The molecular formula is C12H15N2+. The van der Waals surface area contributed by atoms with E-state index in [1.54, 1.807) is 0 Å². The number of nitrogens with two attached hydrogens (primary N) is 1. The van der Waals surface area contributed by atoms with E-state index in [1.807, 2.05) is 18.2 Å². The van der Waals surface area contributed by atoms with Gasteiger partial charge in [-0.1, -0.05) is 19.1 Å². The van der Waals surface area contributed by atoms with Gasteiger partial charge in [-0.2, -0.15) is 4.57 Å². The first kappa shape index (κ1) is 9.00. The highest BCUT2D eigenvalue weighted by molar-refractivity contribution is 5.87. The van der Waals surface area contributed by atoms with Gasteiger partial charge in [0.05, 0.1) is 11.1 Å². The topological polar surface area (TPSA) is 29.9 Å². The van der Waals surface area contributed by atoms with Crippen molar-refractivity contribution < 1.29 is 4.57 Å². The Morgan fingerprint density at radius 3 is 2.79 bits per heavy atom. The quantitative estimate of drug-likeness (QED) is 0.717. The lowest BCUT2D eigenvalue weighted by Crippen LogP contribution is -2.33. The number of hydrogen-bond acceptors (Lipinski definition) is 1. The minimum atomic E-state index is 0.855. The molecular weight excluding hydrogens is 172 g/mol. The SMILES string of the molecule is CCC[n+]1ccc(N)c2ccccc21. The van der Waals surface area contributed by atoms with Crippen molar-refractivity contribution in [1.29, 1.82) is 0 Å². The zero-order valence-electron chi connectivity index (χ0n) is 8.40. The van der Waals surface area contributed by atoms with Gasteiger partial charge in [-0.25, -0.2) is 0 Å². The van der Waals surface area contributed by atoms with Gasteiger partial charge >= 0.3 is 0 Å². The molecule has 2 nitrogen and oxygen atoms in total. The number of para-hydroxylation sites is 1. The lowest BCUT2D eigenvalue weighted by Gasteiger charge is -2.01. The second kappa shape index (κ2) is 3.66. The monoisotopic (exact) mass is 187 g/mol. The molecule has 0 radical (unpaired) electrons. The van der Waals surface area contributed by atoms with E-state index in [2.05, 4.69) is 29.8 Å². The fraction of sp³-hybridized carbons (Fsp3) is 0.250. The van der Waals surface area contributed by atoms with Crippen molar-refractivity contribution in [2.24, 2.45) is 0 Å². The molecule has 0 aliphatic rings. The molecule has 2 N–H and O–H groups in total. The number of hydrogen-bond donors (Lipinski definition) is 1. The molecule has 2 aromatic rings. The number of fused-ring (bicyclic) bond motifs is 1. The third-order valence-corrected chi connectivity index (χ3v) is 2.42. The predicted molar refractivity (Wildman–Crippen MR) is 58.8 cm³/mol. The first-order chi connectivity index (χ1) is 6.83. The number of aryl methyl sites for hydroxylation is 1. The normalized spacial score (nSPS) is 10.6. The molecule has 2 heteroatoms. The lowest BCUT2D eigenvalue weighted by atomic mass is 10.2. The Balaban J connectivity index is 2.68. The van der Waals surface area contributed by atoms with Crippen LogP contribution in [0.15, 0.2) is 36.5 Å². The van der Waals surface area contributed by atoms with E-state index in [-0.39, 0.29) is 0 Å². The third kappa shape index (κ3) is 1.43. The molecule has 0 saturated carbocycles. The van der Waals surface area contributed by atoms with Crippen LogP contribution in [0.4, 0.5) is 5.69 Å². The molecule has 0 saturated heterocycles. The number of pyridine rings is 1. The van der Waals surface area contributed by atoms with Crippen LogP contribution in [0.2, 0.25) is 0 Å². The molecule has 0 aliphatic carbocycles. The van der Waals surface area contributed by atoms with E-state index in [1.165, 1.54) is 5.52 Å². The predicted octanol–water partition coefficient (Wildman–Crippen LogP) is 2.12. The summed E-state index contributed by atoms with van der Waals surface area (Å²) in [7, 11) is 0. The molecule has 1 aromatic heterocycles. The molecule has 0 bridgehead atoms. The van der Waals surface area contributed by atoms with Crippen molar-refractivity contribution in [3.05, 3.63) is 36.5 Å². The van der Waals surface area contributed by atoms with Crippen LogP contribution >= 0.6 is 0 Å². The Hall–Kier alpha value is -1.57. The molecule has 1 aromatic carbocycles. The van der Waals surface area contributed by atoms with Gasteiger partial charge in [-0.3, -0.25) is 0 Å². The standard InChI is InChI=1S/C12H14N2/c1-2-8-14-9-7-11(13)10-5-3-4-6-12(10)14/h3-7,9,13H,2,8H2,1H3/p+1. The van der Waals surface area contributed by atoms with Crippen LogP contribution in [-0.4, -0.2) is 0 Å². The van der Waals surface area contributed by atoms with E-state index in [0.29, 0.717) is 0 Å². The van der Waals surface area contributed by atoms with Crippen molar-refractivity contribution in [2.75, 3.05) is 5.73 Å². The maximum atomic E-state index is 5.91. The van der Waals surface area contributed by atoms with Crippen LogP contribution in [0.25, 0.3) is 10.9 Å². The second-order valence-corrected chi connectivity index (χ2v) is 3.48. The molecule has 0 aliphatic heterocycles. The van der Waals surface area contributed by atoms with Crippen LogP contribution in [-0.2, 0) is 6.54 Å². The van der Waals surface area contributed by atoms with Crippen molar-refractivity contribution >= 4 is 16.6 Å². The average molecular weight is 187 g/mol. The second-order valence-electron chi connectivity index (χ2n) is 3.48. The largest absolute Gasteiger partial charge is 0.398 e. The number of rotatable bonds is 2. The van der Waals surface area contributed by atoms with Gasteiger partial charge < -0.3 is 5.73 Å². The maximum Gasteiger partial charge on any atom is 0.214 e. The van der Waals surface area contributed by atoms with Gasteiger partial charge in [0, 0.05) is 18.6 Å². The summed E-state index contributed by atoms with van der Waals surface area (Å²) in [5.74, 6) is 0. The Bertz CT molecular complexity index is 449. The first-order valence-corrected chi connectivity index (χ1v) is 4.99. The molecule has 0 atom stereocenters. The van der Waals surface area contributed by atoms with E-state index in [9.17, 15) is 0 Å². The highest BCUT2D eigenvalue weighted by atomic mass is 14.9. The lowest BCUT2D eigenvalue weighted by molar-refractivity contribution is -0.671. The Morgan fingerprint density at radius 1 is 1.21 bits per heavy atom. The summed E-state index contributed by atoms with van der Waals surface area (Å²) in [5.41, 5.74) is 7.98. The van der Waals surface area contributed by atoms with Crippen LogP contribution in [0.5, 0.6) is 0 Å². The van der Waals surface area contributed by atoms with Crippen LogP contribution in [0, 0.1) is 0 Å². The van der Waals surface area contributed by atoms with E-state index >= 15 is 0 Å². The molecule has 0 fully saturated rings. The van der Waals surface area contributed by atoms with Gasteiger partial charge in [-0.05, 0) is 6.07 Å². The number of nitrogens with zero attached hydrogens (tertiary/aromatic N) is 1. The summed E-state index contributed by atoms with van der Waals surface area (Å²) >= 11 is 0. The van der Waals surface area contributed by atoms with Crippen LogP contribution < -0.4 is 10.3 Å². The zero-order valence-corrected chi connectivity index (χ0v) is 8.40. The van der Waals surface area contributed by atoms with Crippen molar-refractivity contribution in [1.82, 2.24) is 0 Å². The van der Waals surface area contributed by atoms with E-state index < -0.39 is 0 Å². The molecule has 0 amide bonds. The number of aromatic nitrogens is 1. The van der Waals surface area contributed by atoms with Crippen molar-refractivity contribution in [2.45, 2.75) is 19.9 Å². The summed E-state index contributed by atoms with van der Waals surface area (Å²) in [5, 5.41) is 1.14. The summed E-state index contributed by atoms with van der Waals surface area (Å²) in [6.07, 6.45) is 3.19. The first-order valence-electron chi connectivity index (χ1n) is 4.99. The minimum absolute atomic E-state index is 0.855. The smallest absolute Gasteiger partial charge is 0.214 e. The summed E-state index contributed by atoms with van der Waals surface area (Å²) < 4.78 is 2.24. The third-order valence-electron chi connectivity index (χ3n) is 2.42. The van der Waals surface area contributed by atoms with E-state index in [0.717, 1.165) is 24.0 Å². The van der Waals surface area contributed by atoms with Gasteiger partial charge in [0.15, 0.2) is 6.20 Å². The summed E-state index contributed by atoms with van der Waals surface area (Å²) in [4.78, 5) is 0. The molecule has 14 heavy (non-hydrogen) atoms. The average Bonchev–Trinajstić information content (AvgIpc) is 2.23. The van der Waals surface area contributed by atoms with Crippen LogP contribution in [0.1, 0.15) is 13.3 Å². The summed E-state index contributed by atoms with van der Waals surface area (Å²) in [6, 6.07) is 10.2. The molecule has 0 unspecified atom stereocenters. The fourth-order valence-electron chi connectivity index (χ4n) is 1.74. The van der Waals surface area contributed by atoms with Gasteiger partial charge in [0.25, 0.3) is 0 Å².